The van der Waals surface area contributed by atoms with Crippen molar-refractivity contribution in [3.8, 4) is 0 Å². The number of hydrogen-bond acceptors (Lipinski definition) is 6. The number of furan rings is 1. The van der Waals surface area contributed by atoms with Crippen LogP contribution in [0.5, 0.6) is 0 Å². The highest BCUT2D eigenvalue weighted by Crippen LogP contribution is 2.28. The lowest BCUT2D eigenvalue weighted by atomic mass is 10.2. The fourth-order valence-electron chi connectivity index (χ4n) is 3.98. The summed E-state index contributed by atoms with van der Waals surface area (Å²) in [4.78, 5) is 36.9. The van der Waals surface area contributed by atoms with Crippen LogP contribution in [0.1, 0.15) is 25.1 Å². The van der Waals surface area contributed by atoms with Gasteiger partial charge in [0.15, 0.2) is 0 Å². The maximum atomic E-state index is 12.7. The summed E-state index contributed by atoms with van der Waals surface area (Å²) in [7, 11) is 4.04. The van der Waals surface area contributed by atoms with Crippen molar-refractivity contribution in [3.05, 3.63) is 38.9 Å². The largest absolute Gasteiger partial charge is 0.449 e. The minimum Gasteiger partial charge on any atom is -0.449 e. The first-order valence-corrected chi connectivity index (χ1v) is 11.0. The van der Waals surface area contributed by atoms with Crippen molar-refractivity contribution in [2.45, 2.75) is 31.8 Å². The third-order valence-corrected chi connectivity index (χ3v) is 5.93. The molecular weight excluding hydrogens is 450 g/mol. The van der Waals surface area contributed by atoms with Crippen LogP contribution in [0.2, 0.25) is 0 Å². The van der Waals surface area contributed by atoms with Crippen LogP contribution in [0, 0.1) is 0 Å². The standard InChI is InChI=1S/C21H26BrN5O3/c1-26(2)9-4-8-23-20(28)15-5-3-10-27(15)12-17-24-18-14-11-13(22)6-7-16(14)30-19(18)21(29)25-17/h6-7,11,15H,3-5,8-10,12H2,1-2H3,(H,23,28)(H,24,25,29)/t15-/m0/s1. The van der Waals surface area contributed by atoms with Gasteiger partial charge in [0.25, 0.3) is 5.56 Å². The topological polar surface area (TPSA) is 94.5 Å². The zero-order valence-electron chi connectivity index (χ0n) is 17.2. The van der Waals surface area contributed by atoms with E-state index < -0.39 is 0 Å². The first-order chi connectivity index (χ1) is 14.4. The predicted molar refractivity (Wildman–Crippen MR) is 119 cm³/mol. The molecule has 0 bridgehead atoms. The Morgan fingerprint density at radius 2 is 2.27 bits per heavy atom. The molecule has 0 radical (unpaired) electrons. The lowest BCUT2D eigenvalue weighted by Gasteiger charge is -2.23. The zero-order chi connectivity index (χ0) is 21.3. The van der Waals surface area contributed by atoms with Crippen LogP contribution in [0.15, 0.2) is 31.9 Å². The second kappa shape index (κ2) is 8.87. The molecule has 1 atom stereocenters. The lowest BCUT2D eigenvalue weighted by molar-refractivity contribution is -0.125. The number of nitrogens with one attached hydrogen (secondary N) is 2. The molecule has 1 aliphatic heterocycles. The number of H-pyrrole nitrogens is 1. The van der Waals surface area contributed by atoms with E-state index in [1.54, 1.807) is 0 Å². The summed E-state index contributed by atoms with van der Waals surface area (Å²) in [5.74, 6) is 0.592. The fourth-order valence-corrected chi connectivity index (χ4v) is 4.34. The minimum atomic E-state index is -0.300. The molecule has 8 nitrogen and oxygen atoms in total. The Morgan fingerprint density at radius 3 is 3.07 bits per heavy atom. The number of carbonyl (C=O) groups excluding carboxylic acids is 1. The van der Waals surface area contributed by atoms with Gasteiger partial charge in [-0.15, -0.1) is 0 Å². The number of hydrogen-bond donors (Lipinski definition) is 2. The number of aromatic nitrogens is 2. The van der Waals surface area contributed by atoms with Gasteiger partial charge in [-0.3, -0.25) is 14.5 Å². The SMILES string of the molecule is CN(C)CCCNC(=O)[C@@H]1CCCN1Cc1nc2c(oc3ccc(Br)cc32)c(=O)[nH]1. The third-order valence-electron chi connectivity index (χ3n) is 5.44. The van der Waals surface area contributed by atoms with Crippen LogP contribution >= 0.6 is 15.9 Å². The molecule has 160 valence electrons. The fraction of sp³-hybridized carbons (Fsp3) is 0.476. The van der Waals surface area contributed by atoms with Crippen LogP contribution < -0.4 is 10.9 Å². The van der Waals surface area contributed by atoms with Crippen molar-refractivity contribution in [1.29, 1.82) is 0 Å². The molecule has 1 aromatic carbocycles. The molecule has 1 amide bonds. The molecule has 4 rings (SSSR count). The van der Waals surface area contributed by atoms with Gasteiger partial charge in [-0.2, -0.15) is 0 Å². The average Bonchev–Trinajstić information content (AvgIpc) is 3.30. The van der Waals surface area contributed by atoms with Crippen LogP contribution in [0.4, 0.5) is 0 Å². The van der Waals surface area contributed by atoms with Gasteiger partial charge in [0.2, 0.25) is 11.5 Å². The summed E-state index contributed by atoms with van der Waals surface area (Å²) in [5, 5.41) is 3.84. The van der Waals surface area contributed by atoms with Crippen LogP contribution in [-0.2, 0) is 11.3 Å². The van der Waals surface area contributed by atoms with E-state index in [1.165, 1.54) is 0 Å². The quantitative estimate of drug-likeness (QED) is 0.509. The van der Waals surface area contributed by atoms with Gasteiger partial charge in [-0.1, -0.05) is 15.9 Å². The Balaban J connectivity index is 1.51. The normalized spacial score (nSPS) is 17.4. The number of aromatic amines is 1. The van der Waals surface area contributed by atoms with E-state index in [2.05, 4.69) is 41.0 Å². The molecule has 3 aromatic rings. The Labute approximate surface area is 182 Å². The Kier molecular flexibility index (Phi) is 6.21. The number of benzene rings is 1. The minimum absolute atomic E-state index is 0.0485. The van der Waals surface area contributed by atoms with E-state index in [-0.39, 0.29) is 23.1 Å². The Bertz CT molecular complexity index is 1120. The van der Waals surface area contributed by atoms with Gasteiger partial charge in [-0.25, -0.2) is 4.98 Å². The predicted octanol–water partition coefficient (Wildman–Crippen LogP) is 2.46. The maximum Gasteiger partial charge on any atom is 0.294 e. The van der Waals surface area contributed by atoms with Crippen molar-refractivity contribution in [2.75, 3.05) is 33.7 Å². The van der Waals surface area contributed by atoms with Gasteiger partial charge in [0.1, 0.15) is 16.9 Å². The van der Waals surface area contributed by atoms with E-state index in [4.69, 9.17) is 4.42 Å². The first kappa shape index (κ1) is 21.0. The van der Waals surface area contributed by atoms with Gasteiger partial charge in [-0.05, 0) is 64.6 Å². The average molecular weight is 476 g/mol. The second-order valence-corrected chi connectivity index (χ2v) is 8.92. The molecule has 3 heterocycles. The summed E-state index contributed by atoms with van der Waals surface area (Å²) in [6, 6.07) is 5.39. The maximum absolute atomic E-state index is 12.7. The summed E-state index contributed by atoms with van der Waals surface area (Å²) in [6.07, 6.45) is 2.68. The summed E-state index contributed by atoms with van der Waals surface area (Å²) < 4.78 is 6.58. The third kappa shape index (κ3) is 4.43. The van der Waals surface area contributed by atoms with Crippen molar-refractivity contribution in [3.63, 3.8) is 0 Å². The highest BCUT2D eigenvalue weighted by atomic mass is 79.9. The van der Waals surface area contributed by atoms with Crippen molar-refractivity contribution in [1.82, 2.24) is 25.1 Å². The van der Waals surface area contributed by atoms with Gasteiger partial charge in [0.05, 0.1) is 12.6 Å². The number of amides is 1. The number of halogens is 1. The number of fused-ring (bicyclic) bond motifs is 3. The van der Waals surface area contributed by atoms with Gasteiger partial charge in [0, 0.05) is 16.4 Å². The molecule has 2 N–H and O–H groups in total. The van der Waals surface area contributed by atoms with Crippen LogP contribution in [-0.4, -0.2) is 65.4 Å². The Hall–Kier alpha value is -2.23. The summed E-state index contributed by atoms with van der Waals surface area (Å²) in [5.41, 5.74) is 1.10. The lowest BCUT2D eigenvalue weighted by Crippen LogP contribution is -2.43. The number of carbonyl (C=O) groups is 1. The molecule has 0 saturated carbocycles. The molecule has 1 aliphatic rings. The zero-order valence-corrected chi connectivity index (χ0v) is 18.8. The highest BCUT2D eigenvalue weighted by molar-refractivity contribution is 9.10. The molecular formula is C21H26BrN5O3. The molecule has 30 heavy (non-hydrogen) atoms. The summed E-state index contributed by atoms with van der Waals surface area (Å²) >= 11 is 3.46. The van der Waals surface area contributed by atoms with Crippen molar-refractivity contribution in [2.24, 2.45) is 0 Å². The van der Waals surface area contributed by atoms with Crippen LogP contribution in [0.25, 0.3) is 22.1 Å². The number of rotatable bonds is 7. The molecule has 1 saturated heterocycles. The van der Waals surface area contributed by atoms with E-state index >= 15 is 0 Å². The van der Waals surface area contributed by atoms with Crippen molar-refractivity contribution >= 4 is 43.9 Å². The molecule has 2 aromatic heterocycles. The first-order valence-electron chi connectivity index (χ1n) is 10.2. The molecule has 0 spiro atoms. The van der Waals surface area contributed by atoms with Gasteiger partial charge >= 0.3 is 0 Å². The second-order valence-electron chi connectivity index (χ2n) is 8.01. The monoisotopic (exact) mass is 475 g/mol. The van der Waals surface area contributed by atoms with Crippen molar-refractivity contribution < 1.29 is 9.21 Å². The number of likely N-dealkylation sites (tertiary alicyclic amines) is 1. The van der Waals surface area contributed by atoms with E-state index in [0.717, 1.165) is 42.2 Å². The summed E-state index contributed by atoms with van der Waals surface area (Å²) in [6.45, 7) is 2.82. The molecule has 9 heteroatoms. The van der Waals surface area contributed by atoms with E-state index in [9.17, 15) is 9.59 Å². The van der Waals surface area contributed by atoms with E-state index in [0.29, 0.717) is 30.0 Å². The highest BCUT2D eigenvalue weighted by Gasteiger charge is 2.31. The Morgan fingerprint density at radius 1 is 1.43 bits per heavy atom. The van der Waals surface area contributed by atoms with E-state index in [1.807, 2.05) is 32.3 Å². The smallest absolute Gasteiger partial charge is 0.294 e. The molecule has 0 unspecified atom stereocenters. The number of nitrogens with zero attached hydrogens (tertiary/aromatic N) is 3. The van der Waals surface area contributed by atoms with Crippen LogP contribution in [0.3, 0.4) is 0 Å². The van der Waals surface area contributed by atoms with Gasteiger partial charge < -0.3 is 19.6 Å². The molecule has 0 aliphatic carbocycles. The molecule has 1 fully saturated rings.